The lowest BCUT2D eigenvalue weighted by Gasteiger charge is -2.33. The van der Waals surface area contributed by atoms with E-state index >= 15 is 0 Å². The fourth-order valence-electron chi connectivity index (χ4n) is 9.41. The second-order valence-corrected chi connectivity index (χ2v) is 17.8. The summed E-state index contributed by atoms with van der Waals surface area (Å²) >= 11 is 0. The largest absolute Gasteiger partial charge is 0.488 e. The summed E-state index contributed by atoms with van der Waals surface area (Å²) in [6.07, 6.45) is 4.81. The molecule has 5 aliphatic heterocycles. The Hall–Kier alpha value is -5.23. The van der Waals surface area contributed by atoms with Crippen LogP contribution in [0.2, 0.25) is 0 Å². The summed E-state index contributed by atoms with van der Waals surface area (Å²) in [5.74, 6) is 0.858. The number of nitrogens with zero attached hydrogens (tertiary/aromatic N) is 4. The van der Waals surface area contributed by atoms with Gasteiger partial charge in [0, 0.05) is 61.6 Å². The number of amides is 3. The number of methoxy groups -OCH3 is 2. The van der Waals surface area contributed by atoms with Gasteiger partial charge in [0.15, 0.2) is 0 Å². The number of fused-ring (bicyclic) bond motifs is 6. The smallest absolute Gasteiger partial charge is 0.410 e. The summed E-state index contributed by atoms with van der Waals surface area (Å²) in [7, 11) is 3.01. The van der Waals surface area contributed by atoms with Crippen molar-refractivity contribution in [1.82, 2.24) is 15.1 Å². The maximum atomic E-state index is 13.9. The zero-order valence-corrected chi connectivity index (χ0v) is 34.9. The minimum absolute atomic E-state index is 0.0355. The molecule has 2 saturated heterocycles. The number of hydrogen-bond acceptors (Lipinski definition) is 9. The molecular formula is C46H55N5O7. The third kappa shape index (κ3) is 7.47. The van der Waals surface area contributed by atoms with Gasteiger partial charge in [0.05, 0.1) is 31.5 Å². The average Bonchev–Trinajstić information content (AvgIpc) is 4.00. The predicted octanol–water partition coefficient (Wildman–Crippen LogP) is 8.25. The molecule has 12 heteroatoms. The van der Waals surface area contributed by atoms with Gasteiger partial charge in [0.1, 0.15) is 24.0 Å². The summed E-state index contributed by atoms with van der Waals surface area (Å²) in [5.41, 5.74) is 8.96. The molecular weight excluding hydrogens is 735 g/mol. The van der Waals surface area contributed by atoms with Gasteiger partial charge < -0.3 is 29.2 Å². The lowest BCUT2D eigenvalue weighted by atomic mass is 9.89. The highest BCUT2D eigenvalue weighted by molar-refractivity contribution is 6.07. The number of nitrogens with one attached hydrogen (secondary N) is 1. The van der Waals surface area contributed by atoms with Crippen molar-refractivity contribution < 1.29 is 33.3 Å². The second kappa shape index (κ2) is 15.5. The molecule has 3 aromatic carbocycles. The van der Waals surface area contributed by atoms with Crippen LogP contribution in [0.25, 0.3) is 27.5 Å². The van der Waals surface area contributed by atoms with Gasteiger partial charge in [0.2, 0.25) is 5.91 Å². The Kier molecular flexibility index (Phi) is 10.6. The third-order valence-corrected chi connectivity index (χ3v) is 12.2. The number of rotatable bonds is 8. The normalized spacial score (nSPS) is 22.8. The first-order chi connectivity index (χ1) is 27.7. The maximum Gasteiger partial charge on any atom is 0.410 e. The van der Waals surface area contributed by atoms with E-state index in [0.29, 0.717) is 32.6 Å². The lowest BCUT2D eigenvalue weighted by Crippen LogP contribution is -2.55. The topological polar surface area (TPSA) is 131 Å². The van der Waals surface area contributed by atoms with E-state index in [2.05, 4.69) is 54.7 Å². The number of ether oxygens (including phenoxy) is 4. The van der Waals surface area contributed by atoms with E-state index in [4.69, 9.17) is 28.9 Å². The summed E-state index contributed by atoms with van der Waals surface area (Å²) in [6.45, 7) is 13.2. The van der Waals surface area contributed by atoms with Crippen molar-refractivity contribution in [3.63, 3.8) is 0 Å². The molecule has 12 nitrogen and oxygen atoms in total. The van der Waals surface area contributed by atoms with Crippen LogP contribution in [0.5, 0.6) is 5.75 Å². The van der Waals surface area contributed by atoms with Crippen LogP contribution in [0.3, 0.4) is 0 Å². The molecule has 0 aromatic heterocycles. The monoisotopic (exact) mass is 789 g/mol. The Morgan fingerprint density at radius 1 is 0.983 bits per heavy atom. The van der Waals surface area contributed by atoms with Gasteiger partial charge in [-0.3, -0.25) is 19.7 Å². The molecule has 0 radical (unpaired) electrons. The number of carbonyl (C=O) groups excluding carboxylic acids is 3. The minimum atomic E-state index is -0.680. The number of likely N-dealkylation sites (tertiary alicyclic amines) is 2. The molecule has 0 aliphatic carbocycles. The first-order valence-electron chi connectivity index (χ1n) is 20.6. The van der Waals surface area contributed by atoms with Crippen molar-refractivity contribution in [1.29, 1.82) is 0 Å². The molecule has 5 aliphatic rings. The van der Waals surface area contributed by atoms with Crippen LogP contribution in [0, 0.1) is 11.8 Å². The standard InChI is InChI=1S/C46H55N5O7/c1-25(2)42(49-44(53)56-8)43(52)51-26(3)9-14-39(51)37-18-30(21-47-37)28-10-12-32-31(16-28)24-57-41-20-33-29(17-35(32)41)11-13-36-34(33)19-38(48-36)40-15-27(23-55-7)22-50(40)45(54)58-46(4,5)6/h10-13,16-17,20-21,25-27,39-40,42H,9,14-15,18-19,22-24H2,1-8H3,(H,49,53)/t26-,27-,39-,40-,42-/m0/s1. The van der Waals surface area contributed by atoms with Gasteiger partial charge in [-0.05, 0) is 116 Å². The van der Waals surface area contributed by atoms with Crippen LogP contribution < -0.4 is 10.1 Å². The Labute approximate surface area is 340 Å². The van der Waals surface area contributed by atoms with E-state index < -0.39 is 17.7 Å². The SMILES string of the molecule is COC[C@H]1C[C@@H](C2=Nc3ccc4cc5c(cc4c3C2)OCc2cc(C3=CN=C([C@@H]4CC[C@H](C)N4C(=O)[C@@H](NC(=O)OC)C(C)C)C3)ccc2-5)N(C(=O)OC(C)(C)C)C1. The molecule has 5 heterocycles. The van der Waals surface area contributed by atoms with Gasteiger partial charge in [-0.1, -0.05) is 32.0 Å². The zero-order chi connectivity index (χ0) is 41.0. The zero-order valence-electron chi connectivity index (χ0n) is 34.9. The second-order valence-electron chi connectivity index (χ2n) is 17.8. The van der Waals surface area contributed by atoms with Gasteiger partial charge in [-0.25, -0.2) is 9.59 Å². The van der Waals surface area contributed by atoms with Gasteiger partial charge in [-0.2, -0.15) is 0 Å². The molecule has 1 N–H and O–H groups in total. The van der Waals surface area contributed by atoms with E-state index in [-0.39, 0.29) is 42.0 Å². The fourth-order valence-corrected chi connectivity index (χ4v) is 9.41. The van der Waals surface area contributed by atoms with Crippen molar-refractivity contribution in [2.75, 3.05) is 27.4 Å². The molecule has 0 spiro atoms. The van der Waals surface area contributed by atoms with Crippen molar-refractivity contribution >= 4 is 51.5 Å². The molecule has 58 heavy (non-hydrogen) atoms. The Bertz CT molecular complexity index is 2250. The minimum Gasteiger partial charge on any atom is -0.488 e. The van der Waals surface area contributed by atoms with Crippen molar-refractivity contribution in [3.8, 4) is 16.9 Å². The molecule has 0 saturated carbocycles. The number of benzene rings is 3. The van der Waals surface area contributed by atoms with E-state index in [1.54, 1.807) is 7.11 Å². The lowest BCUT2D eigenvalue weighted by molar-refractivity contribution is -0.135. The van der Waals surface area contributed by atoms with E-state index in [1.165, 1.54) is 7.11 Å². The van der Waals surface area contributed by atoms with Crippen LogP contribution in [0.15, 0.2) is 58.6 Å². The van der Waals surface area contributed by atoms with Crippen molar-refractivity contribution in [2.45, 2.75) is 110 Å². The molecule has 0 bridgehead atoms. The molecule has 2 fully saturated rings. The Balaban J connectivity index is 0.987. The summed E-state index contributed by atoms with van der Waals surface area (Å²) in [6, 6.07) is 14.2. The maximum absolute atomic E-state index is 13.9. The van der Waals surface area contributed by atoms with Crippen LogP contribution in [-0.4, -0.2) is 96.5 Å². The number of allylic oxidation sites excluding steroid dienone is 1. The summed E-state index contributed by atoms with van der Waals surface area (Å²) in [5, 5.41) is 4.98. The number of alkyl carbamates (subject to hydrolysis) is 1. The van der Waals surface area contributed by atoms with E-state index in [0.717, 1.165) is 86.3 Å². The molecule has 0 unspecified atom stereocenters. The van der Waals surface area contributed by atoms with Crippen molar-refractivity contribution in [3.05, 3.63) is 65.4 Å². The van der Waals surface area contributed by atoms with Gasteiger partial charge >= 0.3 is 12.2 Å². The number of hydrogen-bond donors (Lipinski definition) is 1. The summed E-state index contributed by atoms with van der Waals surface area (Å²) < 4.78 is 22.6. The van der Waals surface area contributed by atoms with Crippen molar-refractivity contribution in [2.24, 2.45) is 21.8 Å². The van der Waals surface area contributed by atoms with Crippen LogP contribution in [0.1, 0.15) is 83.9 Å². The number of carbonyl (C=O) groups is 3. The van der Waals surface area contributed by atoms with E-state index in [1.807, 2.05) is 50.6 Å². The molecule has 8 rings (SSSR count). The van der Waals surface area contributed by atoms with Gasteiger partial charge in [-0.15, -0.1) is 0 Å². The van der Waals surface area contributed by atoms with E-state index in [9.17, 15) is 14.4 Å². The quantitative estimate of drug-likeness (QED) is 0.243. The molecule has 306 valence electrons. The highest BCUT2D eigenvalue weighted by atomic mass is 16.6. The fraction of sp³-hybridized carbons (Fsp3) is 0.500. The summed E-state index contributed by atoms with van der Waals surface area (Å²) in [4.78, 5) is 53.1. The van der Waals surface area contributed by atoms with Crippen LogP contribution >= 0.6 is 0 Å². The Morgan fingerprint density at radius 3 is 2.53 bits per heavy atom. The highest BCUT2D eigenvalue weighted by Crippen LogP contribution is 2.45. The Morgan fingerprint density at radius 2 is 1.79 bits per heavy atom. The highest BCUT2D eigenvalue weighted by Gasteiger charge is 2.43. The molecule has 5 atom stereocenters. The average molecular weight is 790 g/mol. The number of aliphatic imine (C=N–C) groups is 2. The first kappa shape index (κ1) is 39.6. The first-order valence-corrected chi connectivity index (χ1v) is 20.6. The van der Waals surface area contributed by atoms with Gasteiger partial charge in [0.25, 0.3) is 0 Å². The molecule has 3 amide bonds. The molecule has 3 aromatic rings. The van der Waals surface area contributed by atoms with Crippen LogP contribution in [0.4, 0.5) is 15.3 Å². The van der Waals surface area contributed by atoms with Crippen LogP contribution in [-0.2, 0) is 32.0 Å². The third-order valence-electron chi connectivity index (χ3n) is 12.2. The predicted molar refractivity (Wildman–Crippen MR) is 225 cm³/mol.